The summed E-state index contributed by atoms with van der Waals surface area (Å²) < 4.78 is 15.5. The van der Waals surface area contributed by atoms with Crippen LogP contribution in [0.15, 0.2) is 24.3 Å². The monoisotopic (exact) mass is 542 g/mol. The Hall–Kier alpha value is -2.95. The molecule has 0 unspecified atom stereocenters. The van der Waals surface area contributed by atoms with Gasteiger partial charge >= 0.3 is 7.82 Å². The number of benzene rings is 1. The zero-order valence-electron chi connectivity index (χ0n) is 21.9. The van der Waals surface area contributed by atoms with Crippen molar-refractivity contribution in [1.82, 2.24) is 21.3 Å². The van der Waals surface area contributed by atoms with E-state index in [0.717, 1.165) is 19.3 Å². The molecule has 1 rings (SSSR count). The Kier molecular flexibility index (Phi) is 13.3. The Morgan fingerprint density at radius 2 is 1.54 bits per heavy atom. The quantitative estimate of drug-likeness (QED) is 0.141. The second-order valence-corrected chi connectivity index (χ2v) is 10.3. The maximum absolute atomic E-state index is 13.1. The Morgan fingerprint density at radius 1 is 0.919 bits per heavy atom. The van der Waals surface area contributed by atoms with Crippen molar-refractivity contribution in [3.05, 3.63) is 29.8 Å². The fourth-order valence-electron chi connectivity index (χ4n) is 3.41. The van der Waals surface area contributed by atoms with Crippen molar-refractivity contribution in [3.8, 4) is 5.75 Å². The van der Waals surface area contributed by atoms with Crippen LogP contribution in [0, 0.1) is 5.92 Å². The van der Waals surface area contributed by atoms with Crippen LogP contribution in [0.3, 0.4) is 0 Å². The van der Waals surface area contributed by atoms with Gasteiger partial charge in [0.05, 0.1) is 0 Å². The summed E-state index contributed by atoms with van der Waals surface area (Å²) in [7, 11) is -4.71. The fraction of sp³-hybridized carbons (Fsp3) is 0.583. The molecule has 12 nitrogen and oxygen atoms in total. The third kappa shape index (κ3) is 12.7. The van der Waals surface area contributed by atoms with E-state index in [4.69, 9.17) is 9.79 Å². The third-order valence-corrected chi connectivity index (χ3v) is 5.81. The van der Waals surface area contributed by atoms with Gasteiger partial charge in [-0.2, -0.15) is 0 Å². The standard InChI is InChI=1S/C24H39N4O8P/c1-6-7-8-13-25-22(30)16(4)26-24(32)21(15(2)3)28-23(31)20(27-17(5)29)14-18-9-11-19(12-10-18)36-37(33,34)35/h9-12,15-16,20-21H,6-8,13-14H2,1-5H3,(H,25,30)(H,26,32)(H,27,29)(H,28,31)(H2,33,34,35)/t16-,20-,21-/m0/s1. The highest BCUT2D eigenvalue weighted by molar-refractivity contribution is 7.46. The van der Waals surface area contributed by atoms with Crippen LogP contribution < -0.4 is 25.8 Å². The van der Waals surface area contributed by atoms with Crippen LogP contribution in [0.4, 0.5) is 0 Å². The van der Waals surface area contributed by atoms with E-state index in [2.05, 4.69) is 32.7 Å². The number of hydrogen-bond donors (Lipinski definition) is 6. The first kappa shape index (κ1) is 32.1. The van der Waals surface area contributed by atoms with Gasteiger partial charge < -0.3 is 25.8 Å². The van der Waals surface area contributed by atoms with E-state index in [-0.39, 0.29) is 24.0 Å². The predicted molar refractivity (Wildman–Crippen MR) is 137 cm³/mol. The molecule has 13 heteroatoms. The van der Waals surface area contributed by atoms with Gasteiger partial charge in [0, 0.05) is 19.9 Å². The van der Waals surface area contributed by atoms with E-state index in [9.17, 15) is 23.7 Å². The van der Waals surface area contributed by atoms with Gasteiger partial charge in [-0.1, -0.05) is 45.7 Å². The number of amides is 4. The Balaban J connectivity index is 2.86. The maximum atomic E-state index is 13.1. The summed E-state index contributed by atoms with van der Waals surface area (Å²) in [6, 6.07) is 2.87. The molecule has 0 aromatic heterocycles. The van der Waals surface area contributed by atoms with Crippen molar-refractivity contribution in [2.45, 2.75) is 78.4 Å². The summed E-state index contributed by atoms with van der Waals surface area (Å²) >= 11 is 0. The molecule has 0 heterocycles. The minimum Gasteiger partial charge on any atom is -0.404 e. The maximum Gasteiger partial charge on any atom is 0.524 e. The van der Waals surface area contributed by atoms with Crippen LogP contribution in [0.2, 0.25) is 0 Å². The zero-order chi connectivity index (χ0) is 28.2. The summed E-state index contributed by atoms with van der Waals surface area (Å²) in [5, 5.41) is 10.6. The van der Waals surface area contributed by atoms with Crippen LogP contribution in [-0.4, -0.2) is 58.1 Å². The van der Waals surface area contributed by atoms with Crippen LogP contribution in [0.1, 0.15) is 59.4 Å². The average Bonchev–Trinajstić information content (AvgIpc) is 2.79. The number of phosphoric acid groups is 1. The average molecular weight is 543 g/mol. The SMILES string of the molecule is CCCCCNC(=O)[C@H](C)NC(=O)[C@@H](NC(=O)[C@H](Cc1ccc(OP(=O)(O)O)cc1)NC(C)=O)C(C)C. The molecule has 3 atom stereocenters. The minimum absolute atomic E-state index is 0.0462. The second-order valence-electron chi connectivity index (χ2n) is 9.14. The number of hydrogen-bond acceptors (Lipinski definition) is 6. The first-order chi connectivity index (χ1) is 17.2. The van der Waals surface area contributed by atoms with E-state index >= 15 is 0 Å². The van der Waals surface area contributed by atoms with E-state index in [1.165, 1.54) is 31.2 Å². The molecule has 208 valence electrons. The van der Waals surface area contributed by atoms with Crippen molar-refractivity contribution in [2.24, 2.45) is 5.92 Å². The van der Waals surface area contributed by atoms with Crippen molar-refractivity contribution in [1.29, 1.82) is 0 Å². The normalized spacial score (nSPS) is 13.7. The van der Waals surface area contributed by atoms with Crippen LogP contribution in [0.25, 0.3) is 0 Å². The summed E-state index contributed by atoms with van der Waals surface area (Å²) in [4.78, 5) is 67.8. The molecule has 0 bridgehead atoms. The van der Waals surface area contributed by atoms with E-state index < -0.39 is 43.7 Å². The molecule has 0 aliphatic rings. The second kappa shape index (κ2) is 15.3. The number of carbonyl (C=O) groups is 4. The number of nitrogens with one attached hydrogen (secondary N) is 4. The molecule has 0 saturated carbocycles. The lowest BCUT2D eigenvalue weighted by Crippen LogP contribution is -2.58. The van der Waals surface area contributed by atoms with Crippen LogP contribution in [-0.2, 0) is 30.2 Å². The zero-order valence-corrected chi connectivity index (χ0v) is 22.8. The van der Waals surface area contributed by atoms with Gasteiger partial charge in [0.25, 0.3) is 0 Å². The van der Waals surface area contributed by atoms with Crippen LogP contribution in [0.5, 0.6) is 5.75 Å². The molecule has 0 spiro atoms. The molecule has 0 saturated heterocycles. The number of phosphoric ester groups is 1. The highest BCUT2D eigenvalue weighted by Crippen LogP contribution is 2.37. The summed E-state index contributed by atoms with van der Waals surface area (Å²) in [6.07, 6.45) is 2.90. The van der Waals surface area contributed by atoms with Gasteiger partial charge in [-0.15, -0.1) is 0 Å². The van der Waals surface area contributed by atoms with E-state index in [0.29, 0.717) is 12.1 Å². The molecule has 1 aromatic carbocycles. The summed E-state index contributed by atoms with van der Waals surface area (Å²) in [5.41, 5.74) is 0.575. The molecule has 0 fully saturated rings. The minimum atomic E-state index is -4.71. The summed E-state index contributed by atoms with van der Waals surface area (Å²) in [6.45, 7) is 8.88. The van der Waals surface area contributed by atoms with Gasteiger partial charge in [0.2, 0.25) is 23.6 Å². The van der Waals surface area contributed by atoms with Crippen molar-refractivity contribution < 1.29 is 38.1 Å². The highest BCUT2D eigenvalue weighted by atomic mass is 31.2. The lowest BCUT2D eigenvalue weighted by molar-refractivity contribution is -0.134. The molecule has 0 aliphatic carbocycles. The fourth-order valence-corrected chi connectivity index (χ4v) is 3.81. The molecular formula is C24H39N4O8P. The van der Waals surface area contributed by atoms with Gasteiger partial charge in [-0.05, 0) is 37.0 Å². The largest absolute Gasteiger partial charge is 0.524 e. The van der Waals surface area contributed by atoms with E-state index in [1.807, 2.05) is 0 Å². The van der Waals surface area contributed by atoms with E-state index in [1.54, 1.807) is 20.8 Å². The van der Waals surface area contributed by atoms with Crippen molar-refractivity contribution in [2.75, 3.05) is 6.54 Å². The summed E-state index contributed by atoms with van der Waals surface area (Å²) in [5.74, 6) is -2.28. The topological polar surface area (TPSA) is 183 Å². The van der Waals surface area contributed by atoms with Gasteiger partial charge in [-0.3, -0.25) is 29.0 Å². The first-order valence-electron chi connectivity index (χ1n) is 12.2. The molecule has 0 aliphatic heterocycles. The number of unbranched alkanes of at least 4 members (excludes halogenated alkanes) is 2. The first-order valence-corrected chi connectivity index (χ1v) is 13.8. The highest BCUT2D eigenvalue weighted by Gasteiger charge is 2.30. The molecule has 0 radical (unpaired) electrons. The van der Waals surface area contributed by atoms with Crippen molar-refractivity contribution in [3.63, 3.8) is 0 Å². The van der Waals surface area contributed by atoms with Gasteiger partial charge in [-0.25, -0.2) is 4.57 Å². The molecule has 4 amide bonds. The smallest absolute Gasteiger partial charge is 0.404 e. The number of carbonyl (C=O) groups excluding carboxylic acids is 4. The molecular weight excluding hydrogens is 503 g/mol. The molecule has 37 heavy (non-hydrogen) atoms. The van der Waals surface area contributed by atoms with Gasteiger partial charge in [0.15, 0.2) is 0 Å². The van der Waals surface area contributed by atoms with Crippen LogP contribution >= 0.6 is 7.82 Å². The van der Waals surface area contributed by atoms with Crippen molar-refractivity contribution >= 4 is 31.5 Å². The lowest BCUT2D eigenvalue weighted by atomic mass is 10.0. The Labute approximate surface area is 217 Å². The molecule has 1 aromatic rings. The Morgan fingerprint density at radius 3 is 2.05 bits per heavy atom. The molecule has 6 N–H and O–H groups in total. The predicted octanol–water partition coefficient (Wildman–Crippen LogP) is 1.16. The Bertz CT molecular complexity index is 964. The number of rotatable bonds is 15. The van der Waals surface area contributed by atoms with Gasteiger partial charge in [0.1, 0.15) is 23.9 Å². The lowest BCUT2D eigenvalue weighted by Gasteiger charge is -2.26. The third-order valence-electron chi connectivity index (χ3n) is 5.36.